The van der Waals surface area contributed by atoms with E-state index in [-0.39, 0.29) is 11.2 Å². The minimum absolute atomic E-state index is 0.113. The minimum atomic E-state index is -0.365. The minimum Gasteiger partial charge on any atom is -0.494 e. The van der Waals surface area contributed by atoms with Gasteiger partial charge < -0.3 is 10.1 Å². The Kier molecular flexibility index (Phi) is 6.46. The summed E-state index contributed by atoms with van der Waals surface area (Å²) in [5.41, 5.74) is 4.77. The molecule has 4 rings (SSSR count). The number of amides is 1. The number of hydrogen-bond donors (Lipinski definition) is 1. The summed E-state index contributed by atoms with van der Waals surface area (Å²) in [4.78, 5) is 22.1. The van der Waals surface area contributed by atoms with E-state index in [0.717, 1.165) is 38.9 Å². The lowest BCUT2D eigenvalue weighted by Gasteiger charge is -2.14. The predicted octanol–water partition coefficient (Wildman–Crippen LogP) is 5.56. The molecule has 0 saturated carbocycles. The molecule has 2 aromatic carbocycles. The van der Waals surface area contributed by atoms with Gasteiger partial charge in [-0.1, -0.05) is 23.9 Å². The number of pyridine rings is 1. The molecule has 6 nitrogen and oxygen atoms in total. The molecule has 0 saturated heterocycles. The first-order valence-corrected chi connectivity index (χ1v) is 11.5. The lowest BCUT2D eigenvalue weighted by Crippen LogP contribution is -2.23. The highest BCUT2D eigenvalue weighted by Gasteiger charge is 2.21. The number of imidazole rings is 1. The number of para-hydroxylation sites is 2. The Balaban J connectivity index is 1.62. The number of carbonyl (C=O) groups is 1. The quantitative estimate of drug-likeness (QED) is 0.377. The number of aryl methyl sites for hydroxylation is 2. The molecule has 0 bridgehead atoms. The third-order valence-electron chi connectivity index (χ3n) is 4.94. The van der Waals surface area contributed by atoms with Crippen LogP contribution in [-0.4, -0.2) is 32.3 Å². The van der Waals surface area contributed by atoms with Gasteiger partial charge in [-0.15, -0.1) is 0 Å². The van der Waals surface area contributed by atoms with Crippen LogP contribution in [-0.2, 0) is 4.79 Å². The molecule has 0 aliphatic rings. The molecule has 0 spiro atoms. The molecule has 0 fully saturated rings. The number of nitrogens with one attached hydrogen (secondary N) is 1. The number of nitrogens with zero attached hydrogens (tertiary/aromatic N) is 3. The van der Waals surface area contributed by atoms with Crippen LogP contribution >= 0.6 is 11.8 Å². The van der Waals surface area contributed by atoms with Gasteiger partial charge in [-0.25, -0.2) is 9.97 Å². The number of hydrogen-bond acceptors (Lipinski definition) is 5. The number of anilines is 1. The van der Waals surface area contributed by atoms with Crippen LogP contribution in [0.1, 0.15) is 25.1 Å². The Morgan fingerprint density at radius 3 is 2.56 bits per heavy atom. The van der Waals surface area contributed by atoms with Gasteiger partial charge >= 0.3 is 0 Å². The Hall–Kier alpha value is -3.32. The van der Waals surface area contributed by atoms with Gasteiger partial charge in [-0.05, 0) is 81.8 Å². The Morgan fingerprint density at radius 2 is 1.84 bits per heavy atom. The smallest absolute Gasteiger partial charge is 0.238 e. The fourth-order valence-corrected chi connectivity index (χ4v) is 4.48. The Labute approximate surface area is 192 Å². The normalized spacial score (nSPS) is 12.0. The lowest BCUT2D eigenvalue weighted by atomic mass is 10.2. The molecule has 1 N–H and O–H groups in total. The van der Waals surface area contributed by atoms with Gasteiger partial charge in [0.1, 0.15) is 11.6 Å². The number of aromatic nitrogens is 3. The standard InChI is InChI=1S/C25H26N4O2S/c1-5-31-20-12-10-19(11-13-20)29-22-9-7-6-8-21(22)27-25(29)32-18(4)24(30)28-23-15-16(2)14-17(3)26-23/h6-15,18H,5H2,1-4H3,(H,26,28,30). The van der Waals surface area contributed by atoms with E-state index in [9.17, 15) is 4.79 Å². The van der Waals surface area contributed by atoms with Gasteiger partial charge in [-0.3, -0.25) is 9.36 Å². The fraction of sp³-hybridized carbons (Fsp3) is 0.240. The molecule has 0 aliphatic heterocycles. The van der Waals surface area contributed by atoms with Gasteiger partial charge in [0.25, 0.3) is 0 Å². The number of rotatable bonds is 7. The average Bonchev–Trinajstić information content (AvgIpc) is 3.11. The molecule has 32 heavy (non-hydrogen) atoms. The molecule has 0 aliphatic carbocycles. The van der Waals surface area contributed by atoms with Crippen molar-refractivity contribution in [2.45, 2.75) is 38.1 Å². The topological polar surface area (TPSA) is 69.0 Å². The summed E-state index contributed by atoms with van der Waals surface area (Å²) >= 11 is 1.42. The van der Waals surface area contributed by atoms with Crippen molar-refractivity contribution in [1.29, 1.82) is 0 Å². The van der Waals surface area contributed by atoms with Gasteiger partial charge in [0.2, 0.25) is 5.91 Å². The summed E-state index contributed by atoms with van der Waals surface area (Å²) in [5, 5.41) is 3.32. The summed E-state index contributed by atoms with van der Waals surface area (Å²) < 4.78 is 7.65. The highest BCUT2D eigenvalue weighted by Crippen LogP contribution is 2.31. The van der Waals surface area contributed by atoms with Crippen molar-refractivity contribution in [2.75, 3.05) is 11.9 Å². The zero-order valence-electron chi connectivity index (χ0n) is 18.6. The Bertz CT molecular complexity index is 1230. The number of fused-ring (bicyclic) bond motifs is 1. The molecule has 4 aromatic rings. The van der Waals surface area contributed by atoms with E-state index in [1.807, 2.05) is 88.4 Å². The second-order valence-corrected chi connectivity index (χ2v) is 8.87. The molecule has 2 heterocycles. The first-order chi connectivity index (χ1) is 15.4. The molecule has 1 unspecified atom stereocenters. The van der Waals surface area contributed by atoms with Crippen LogP contribution in [0.4, 0.5) is 5.82 Å². The first-order valence-electron chi connectivity index (χ1n) is 10.6. The van der Waals surface area contributed by atoms with Crippen LogP contribution in [0.3, 0.4) is 0 Å². The van der Waals surface area contributed by atoms with Crippen molar-refractivity contribution >= 4 is 34.5 Å². The summed E-state index contributed by atoms with van der Waals surface area (Å²) in [7, 11) is 0. The van der Waals surface area contributed by atoms with Gasteiger partial charge in [0.15, 0.2) is 5.16 Å². The predicted molar refractivity (Wildman–Crippen MR) is 130 cm³/mol. The summed E-state index contributed by atoms with van der Waals surface area (Å²) in [6, 6.07) is 19.7. The molecule has 1 amide bonds. The van der Waals surface area contributed by atoms with E-state index in [0.29, 0.717) is 12.4 Å². The third-order valence-corrected chi connectivity index (χ3v) is 5.99. The third kappa shape index (κ3) is 4.78. The SMILES string of the molecule is CCOc1ccc(-n2c(SC(C)C(=O)Nc3cc(C)cc(C)n3)nc3ccccc32)cc1. The van der Waals surface area contributed by atoms with Crippen molar-refractivity contribution < 1.29 is 9.53 Å². The van der Waals surface area contributed by atoms with Gasteiger partial charge in [0.05, 0.1) is 22.9 Å². The van der Waals surface area contributed by atoms with Gasteiger partial charge in [-0.2, -0.15) is 0 Å². The molecule has 164 valence electrons. The van der Waals surface area contributed by atoms with E-state index in [1.54, 1.807) is 0 Å². The number of carbonyl (C=O) groups excluding carboxylic acids is 1. The van der Waals surface area contributed by atoms with E-state index in [1.165, 1.54) is 11.8 Å². The van der Waals surface area contributed by atoms with Crippen LogP contribution in [0.5, 0.6) is 5.75 Å². The maximum absolute atomic E-state index is 12.9. The zero-order valence-corrected chi connectivity index (χ0v) is 19.4. The molecule has 0 radical (unpaired) electrons. The number of ether oxygens (including phenoxy) is 1. The molecular formula is C25H26N4O2S. The first kappa shape index (κ1) is 21.9. The van der Waals surface area contributed by atoms with Gasteiger partial charge in [0, 0.05) is 11.4 Å². The largest absolute Gasteiger partial charge is 0.494 e. The van der Waals surface area contributed by atoms with Crippen LogP contribution < -0.4 is 10.1 Å². The number of benzene rings is 2. The maximum atomic E-state index is 12.9. The Morgan fingerprint density at radius 1 is 1.09 bits per heavy atom. The highest BCUT2D eigenvalue weighted by molar-refractivity contribution is 8.00. The fourth-order valence-electron chi connectivity index (χ4n) is 3.54. The van der Waals surface area contributed by atoms with E-state index in [4.69, 9.17) is 9.72 Å². The summed E-state index contributed by atoms with van der Waals surface area (Å²) in [6.45, 7) is 8.37. The average molecular weight is 447 g/mol. The van der Waals surface area contributed by atoms with E-state index in [2.05, 4.69) is 14.9 Å². The van der Waals surface area contributed by atoms with Crippen molar-refractivity contribution in [3.63, 3.8) is 0 Å². The van der Waals surface area contributed by atoms with Crippen molar-refractivity contribution in [2.24, 2.45) is 0 Å². The van der Waals surface area contributed by atoms with Crippen LogP contribution in [0, 0.1) is 13.8 Å². The number of thioether (sulfide) groups is 1. The summed E-state index contributed by atoms with van der Waals surface area (Å²) in [6.07, 6.45) is 0. The lowest BCUT2D eigenvalue weighted by molar-refractivity contribution is -0.115. The van der Waals surface area contributed by atoms with Crippen LogP contribution in [0.25, 0.3) is 16.7 Å². The maximum Gasteiger partial charge on any atom is 0.238 e. The zero-order chi connectivity index (χ0) is 22.7. The highest BCUT2D eigenvalue weighted by atomic mass is 32.2. The van der Waals surface area contributed by atoms with Crippen molar-refractivity contribution in [3.05, 3.63) is 71.9 Å². The van der Waals surface area contributed by atoms with Crippen molar-refractivity contribution in [1.82, 2.24) is 14.5 Å². The van der Waals surface area contributed by atoms with Crippen molar-refractivity contribution in [3.8, 4) is 11.4 Å². The monoisotopic (exact) mass is 446 g/mol. The van der Waals surface area contributed by atoms with Crippen LogP contribution in [0.15, 0.2) is 65.8 Å². The van der Waals surface area contributed by atoms with E-state index < -0.39 is 0 Å². The molecule has 2 aromatic heterocycles. The summed E-state index contributed by atoms with van der Waals surface area (Å²) in [5.74, 6) is 1.28. The second-order valence-electron chi connectivity index (χ2n) is 7.57. The molecule has 7 heteroatoms. The molecule has 1 atom stereocenters. The molecular weight excluding hydrogens is 420 g/mol. The van der Waals surface area contributed by atoms with Crippen LogP contribution in [0.2, 0.25) is 0 Å². The second kappa shape index (κ2) is 9.44. The van der Waals surface area contributed by atoms with E-state index >= 15 is 0 Å².